The average molecular weight is 336 g/mol. The number of carbonyl (C=O) groups is 1. The molecule has 0 aromatic heterocycles. The first-order valence-electron chi connectivity index (χ1n) is 8.20. The molecule has 2 aliphatic rings. The van der Waals surface area contributed by atoms with Gasteiger partial charge >= 0.3 is 0 Å². The molecule has 2 heterocycles. The van der Waals surface area contributed by atoms with Crippen molar-refractivity contribution in [3.63, 3.8) is 0 Å². The van der Waals surface area contributed by atoms with Crippen molar-refractivity contribution < 1.29 is 13.2 Å². The van der Waals surface area contributed by atoms with Gasteiger partial charge in [-0.2, -0.15) is 0 Å². The van der Waals surface area contributed by atoms with Crippen LogP contribution in [0.4, 0.5) is 11.4 Å². The lowest BCUT2D eigenvalue weighted by atomic mass is 10.0. The van der Waals surface area contributed by atoms with Gasteiger partial charge in [0.1, 0.15) is 0 Å². The first-order valence-corrected chi connectivity index (χ1v) is 10.0. The predicted octanol–water partition coefficient (Wildman–Crippen LogP) is 2.07. The molecule has 1 aromatic rings. The van der Waals surface area contributed by atoms with E-state index in [0.29, 0.717) is 12.8 Å². The zero-order valence-corrected chi connectivity index (χ0v) is 14.6. The molecule has 0 bridgehead atoms. The van der Waals surface area contributed by atoms with Gasteiger partial charge in [-0.1, -0.05) is 12.1 Å². The standard InChI is InChI=1S/C17H24N2O3S/c1-13-7-9-18(2)15-5-3-4-6-16(15)19(13)17(20)11-14-8-10-23(21,22)12-14/h3-6,13-14H,7-12H2,1-2H3/t13-,14+/m1/s1. The zero-order chi connectivity index (χ0) is 16.6. The van der Waals surface area contributed by atoms with Gasteiger partial charge in [0.2, 0.25) is 5.91 Å². The molecule has 126 valence electrons. The highest BCUT2D eigenvalue weighted by Crippen LogP contribution is 2.35. The summed E-state index contributed by atoms with van der Waals surface area (Å²) in [6.45, 7) is 2.97. The second-order valence-corrected chi connectivity index (χ2v) is 9.01. The van der Waals surface area contributed by atoms with E-state index in [2.05, 4.69) is 11.8 Å². The van der Waals surface area contributed by atoms with E-state index in [4.69, 9.17) is 0 Å². The van der Waals surface area contributed by atoms with Crippen molar-refractivity contribution in [1.29, 1.82) is 0 Å². The highest BCUT2D eigenvalue weighted by molar-refractivity contribution is 7.91. The Balaban J connectivity index is 1.85. The Kier molecular flexibility index (Phi) is 4.36. The summed E-state index contributed by atoms with van der Waals surface area (Å²) in [5.74, 6) is 0.387. The third-order valence-electron chi connectivity index (χ3n) is 4.93. The molecule has 1 aromatic carbocycles. The number of sulfone groups is 1. The van der Waals surface area contributed by atoms with Crippen LogP contribution < -0.4 is 9.80 Å². The van der Waals surface area contributed by atoms with Crippen molar-refractivity contribution in [3.8, 4) is 0 Å². The minimum absolute atomic E-state index is 0.0344. The van der Waals surface area contributed by atoms with Gasteiger partial charge in [-0.3, -0.25) is 4.79 Å². The Morgan fingerprint density at radius 1 is 1.22 bits per heavy atom. The third kappa shape index (κ3) is 3.37. The molecular formula is C17H24N2O3S. The third-order valence-corrected chi connectivity index (χ3v) is 6.77. The molecule has 0 aliphatic carbocycles. The van der Waals surface area contributed by atoms with Crippen LogP contribution in [0.1, 0.15) is 26.2 Å². The summed E-state index contributed by atoms with van der Waals surface area (Å²) in [6.07, 6.45) is 1.83. The Morgan fingerprint density at radius 2 is 1.91 bits per heavy atom. The summed E-state index contributed by atoms with van der Waals surface area (Å²) in [5.41, 5.74) is 2.00. The van der Waals surface area contributed by atoms with Crippen LogP contribution in [0, 0.1) is 5.92 Å². The Labute approximate surface area is 138 Å². The summed E-state index contributed by atoms with van der Waals surface area (Å²) < 4.78 is 23.3. The van der Waals surface area contributed by atoms with E-state index in [0.717, 1.165) is 24.3 Å². The molecule has 0 saturated carbocycles. The second kappa shape index (κ2) is 6.15. The minimum atomic E-state index is -2.94. The number of amides is 1. The molecule has 0 radical (unpaired) electrons. The highest BCUT2D eigenvalue weighted by atomic mass is 32.2. The molecule has 1 fully saturated rings. The quantitative estimate of drug-likeness (QED) is 0.830. The van der Waals surface area contributed by atoms with Crippen molar-refractivity contribution in [2.75, 3.05) is 34.9 Å². The highest BCUT2D eigenvalue weighted by Gasteiger charge is 2.33. The molecule has 6 heteroatoms. The molecule has 2 aliphatic heterocycles. The molecule has 1 saturated heterocycles. The van der Waals surface area contributed by atoms with Crippen molar-refractivity contribution in [2.45, 2.75) is 32.2 Å². The van der Waals surface area contributed by atoms with Crippen LogP contribution in [0.3, 0.4) is 0 Å². The van der Waals surface area contributed by atoms with Gasteiger partial charge in [-0.15, -0.1) is 0 Å². The maximum Gasteiger partial charge on any atom is 0.227 e. The van der Waals surface area contributed by atoms with E-state index in [1.165, 1.54) is 0 Å². The monoisotopic (exact) mass is 336 g/mol. The van der Waals surface area contributed by atoms with E-state index in [1.807, 2.05) is 36.2 Å². The normalized spacial score (nSPS) is 26.7. The van der Waals surface area contributed by atoms with Gasteiger partial charge in [0, 0.05) is 26.1 Å². The van der Waals surface area contributed by atoms with Crippen LogP contribution in [0.2, 0.25) is 0 Å². The van der Waals surface area contributed by atoms with E-state index in [-0.39, 0.29) is 29.4 Å². The summed E-state index contributed by atoms with van der Waals surface area (Å²) >= 11 is 0. The zero-order valence-electron chi connectivity index (χ0n) is 13.7. The van der Waals surface area contributed by atoms with Crippen LogP contribution in [0.15, 0.2) is 24.3 Å². The molecule has 0 N–H and O–H groups in total. The van der Waals surface area contributed by atoms with Gasteiger partial charge < -0.3 is 9.80 Å². The molecule has 23 heavy (non-hydrogen) atoms. The molecule has 2 atom stereocenters. The number of anilines is 2. The SMILES string of the molecule is C[C@@H]1CCN(C)c2ccccc2N1C(=O)C[C@@H]1CCS(=O)(=O)C1. The molecule has 0 spiro atoms. The lowest BCUT2D eigenvalue weighted by Crippen LogP contribution is -2.39. The van der Waals surface area contributed by atoms with Crippen LogP contribution in [0.5, 0.6) is 0 Å². The second-order valence-electron chi connectivity index (χ2n) is 6.78. The van der Waals surface area contributed by atoms with Crippen LogP contribution in [0.25, 0.3) is 0 Å². The van der Waals surface area contributed by atoms with Crippen LogP contribution in [-0.4, -0.2) is 45.5 Å². The smallest absolute Gasteiger partial charge is 0.227 e. The maximum atomic E-state index is 12.9. The molecule has 1 amide bonds. The average Bonchev–Trinajstić information content (AvgIpc) is 2.77. The van der Waals surface area contributed by atoms with Gasteiger partial charge in [0.15, 0.2) is 9.84 Å². The predicted molar refractivity (Wildman–Crippen MR) is 92.7 cm³/mol. The Morgan fingerprint density at radius 3 is 2.57 bits per heavy atom. The lowest BCUT2D eigenvalue weighted by Gasteiger charge is -2.29. The van der Waals surface area contributed by atoms with E-state index >= 15 is 0 Å². The number of hydrogen-bond donors (Lipinski definition) is 0. The largest absolute Gasteiger partial charge is 0.373 e. The maximum absolute atomic E-state index is 12.9. The number of rotatable bonds is 2. The molecule has 5 nitrogen and oxygen atoms in total. The van der Waals surface area contributed by atoms with Gasteiger partial charge in [0.25, 0.3) is 0 Å². The van der Waals surface area contributed by atoms with Crippen molar-refractivity contribution in [2.24, 2.45) is 5.92 Å². The minimum Gasteiger partial charge on any atom is -0.373 e. The Hall–Kier alpha value is -1.56. The first-order chi connectivity index (χ1) is 10.9. The number of benzene rings is 1. The number of para-hydroxylation sites is 2. The molecule has 3 rings (SSSR count). The van der Waals surface area contributed by atoms with Crippen molar-refractivity contribution >= 4 is 27.1 Å². The van der Waals surface area contributed by atoms with Gasteiger partial charge in [0.05, 0.1) is 22.9 Å². The first kappa shape index (κ1) is 16.3. The number of fused-ring (bicyclic) bond motifs is 1. The molecule has 0 unspecified atom stereocenters. The fourth-order valence-electron chi connectivity index (χ4n) is 3.62. The summed E-state index contributed by atoms with van der Waals surface area (Å²) in [4.78, 5) is 17.0. The van der Waals surface area contributed by atoms with E-state index in [9.17, 15) is 13.2 Å². The number of carbonyl (C=O) groups excluding carboxylic acids is 1. The number of nitrogens with zero attached hydrogens (tertiary/aromatic N) is 2. The number of hydrogen-bond acceptors (Lipinski definition) is 4. The summed E-state index contributed by atoms with van der Waals surface area (Å²) in [7, 11) is -0.896. The lowest BCUT2D eigenvalue weighted by molar-refractivity contribution is -0.119. The van der Waals surface area contributed by atoms with Crippen molar-refractivity contribution in [3.05, 3.63) is 24.3 Å². The topological polar surface area (TPSA) is 57.7 Å². The van der Waals surface area contributed by atoms with E-state index in [1.54, 1.807) is 0 Å². The van der Waals surface area contributed by atoms with Gasteiger partial charge in [-0.05, 0) is 37.8 Å². The van der Waals surface area contributed by atoms with Crippen LogP contribution in [-0.2, 0) is 14.6 Å². The van der Waals surface area contributed by atoms with Gasteiger partial charge in [-0.25, -0.2) is 8.42 Å². The molecular weight excluding hydrogens is 312 g/mol. The van der Waals surface area contributed by atoms with Crippen molar-refractivity contribution in [1.82, 2.24) is 0 Å². The summed E-state index contributed by atoms with van der Waals surface area (Å²) in [5, 5.41) is 0. The summed E-state index contributed by atoms with van der Waals surface area (Å²) in [6, 6.07) is 8.07. The van der Waals surface area contributed by atoms with E-state index < -0.39 is 9.84 Å². The van der Waals surface area contributed by atoms with Crippen LogP contribution >= 0.6 is 0 Å². The Bertz CT molecular complexity index is 702. The fraction of sp³-hybridized carbons (Fsp3) is 0.588. The fourth-order valence-corrected chi connectivity index (χ4v) is 5.48.